The van der Waals surface area contributed by atoms with E-state index in [2.05, 4.69) is 0 Å². The lowest BCUT2D eigenvalue weighted by Crippen LogP contribution is -2.17. The topological polar surface area (TPSA) is 50.1 Å². The molecular formula is C9H15NO2. The van der Waals surface area contributed by atoms with Gasteiger partial charge in [-0.3, -0.25) is 4.79 Å². The lowest BCUT2D eigenvalue weighted by molar-refractivity contribution is -0.147. The predicted octanol–water partition coefficient (Wildman–Crippen LogP) is 1.88. The summed E-state index contributed by atoms with van der Waals surface area (Å²) in [7, 11) is 0. The van der Waals surface area contributed by atoms with Gasteiger partial charge in [0.25, 0.3) is 0 Å². The monoisotopic (exact) mass is 169 g/mol. The van der Waals surface area contributed by atoms with Crippen LogP contribution in [0, 0.1) is 17.2 Å². The maximum atomic E-state index is 11.1. The Labute approximate surface area is 73.3 Å². The van der Waals surface area contributed by atoms with Crippen LogP contribution in [-0.4, -0.2) is 12.6 Å². The summed E-state index contributed by atoms with van der Waals surface area (Å²) in [6.45, 7) is 3.85. The van der Waals surface area contributed by atoms with Gasteiger partial charge in [0, 0.05) is 0 Å². The first kappa shape index (κ1) is 11.0. The van der Waals surface area contributed by atoms with Gasteiger partial charge in [-0.1, -0.05) is 20.3 Å². The van der Waals surface area contributed by atoms with Gasteiger partial charge in [0.1, 0.15) is 6.07 Å². The zero-order valence-electron chi connectivity index (χ0n) is 7.67. The summed E-state index contributed by atoms with van der Waals surface area (Å²) in [6.07, 6.45) is 2.61. The zero-order valence-corrected chi connectivity index (χ0v) is 7.67. The minimum absolute atomic E-state index is 0.0247. The highest BCUT2D eigenvalue weighted by atomic mass is 16.5. The molecular weight excluding hydrogens is 154 g/mol. The van der Waals surface area contributed by atoms with Crippen molar-refractivity contribution in [1.82, 2.24) is 0 Å². The molecule has 0 radical (unpaired) electrons. The molecule has 0 saturated carbocycles. The highest BCUT2D eigenvalue weighted by molar-refractivity contribution is 5.72. The van der Waals surface area contributed by atoms with E-state index in [9.17, 15) is 4.79 Å². The van der Waals surface area contributed by atoms with Crippen LogP contribution < -0.4 is 0 Å². The summed E-state index contributed by atoms with van der Waals surface area (Å²) in [5.74, 6) is -0.260. The minimum atomic E-state index is -0.235. The van der Waals surface area contributed by atoms with E-state index in [1.165, 1.54) is 0 Å². The SMILES string of the molecule is CCC[C@@H](CC)C(=O)OCC#N. The third kappa shape index (κ3) is 3.97. The van der Waals surface area contributed by atoms with Gasteiger partial charge in [0.2, 0.25) is 0 Å². The molecule has 12 heavy (non-hydrogen) atoms. The highest BCUT2D eigenvalue weighted by Crippen LogP contribution is 2.12. The van der Waals surface area contributed by atoms with Crippen molar-refractivity contribution in [2.24, 2.45) is 5.92 Å². The number of nitrogens with zero attached hydrogens (tertiary/aromatic N) is 1. The van der Waals surface area contributed by atoms with Crippen LogP contribution >= 0.6 is 0 Å². The van der Waals surface area contributed by atoms with Gasteiger partial charge in [0.05, 0.1) is 5.92 Å². The lowest BCUT2D eigenvalue weighted by Gasteiger charge is -2.10. The Bertz CT molecular complexity index is 172. The molecule has 0 amide bonds. The van der Waals surface area contributed by atoms with Crippen LogP contribution in [0.5, 0.6) is 0 Å². The van der Waals surface area contributed by atoms with E-state index in [1.807, 2.05) is 13.8 Å². The Morgan fingerprint density at radius 1 is 1.58 bits per heavy atom. The number of carbonyl (C=O) groups is 1. The molecule has 3 heteroatoms. The summed E-state index contributed by atoms with van der Waals surface area (Å²) in [5, 5.41) is 8.17. The average Bonchev–Trinajstić information content (AvgIpc) is 2.10. The first-order chi connectivity index (χ1) is 5.76. The third-order valence-corrected chi connectivity index (χ3v) is 1.74. The van der Waals surface area contributed by atoms with E-state index < -0.39 is 0 Å². The Morgan fingerprint density at radius 3 is 2.67 bits per heavy atom. The van der Waals surface area contributed by atoms with Gasteiger partial charge in [0.15, 0.2) is 6.61 Å². The maximum Gasteiger partial charge on any atom is 0.309 e. The number of esters is 1. The Kier molecular flexibility index (Phi) is 6.08. The van der Waals surface area contributed by atoms with Gasteiger partial charge >= 0.3 is 5.97 Å². The van der Waals surface area contributed by atoms with Crippen LogP contribution in [0.4, 0.5) is 0 Å². The molecule has 0 bridgehead atoms. The highest BCUT2D eigenvalue weighted by Gasteiger charge is 2.16. The number of carbonyl (C=O) groups excluding carboxylic acids is 1. The van der Waals surface area contributed by atoms with Gasteiger partial charge in [-0.05, 0) is 12.8 Å². The van der Waals surface area contributed by atoms with Crippen molar-refractivity contribution >= 4 is 5.97 Å². The zero-order chi connectivity index (χ0) is 9.40. The van der Waals surface area contributed by atoms with Crippen molar-refractivity contribution in [3.05, 3.63) is 0 Å². The fourth-order valence-corrected chi connectivity index (χ4v) is 1.06. The van der Waals surface area contributed by atoms with Crippen molar-refractivity contribution in [2.45, 2.75) is 33.1 Å². The van der Waals surface area contributed by atoms with Crippen molar-refractivity contribution in [2.75, 3.05) is 6.61 Å². The van der Waals surface area contributed by atoms with E-state index in [0.717, 1.165) is 19.3 Å². The van der Waals surface area contributed by atoms with Gasteiger partial charge in [-0.25, -0.2) is 0 Å². The van der Waals surface area contributed by atoms with E-state index >= 15 is 0 Å². The largest absolute Gasteiger partial charge is 0.450 e. The molecule has 3 nitrogen and oxygen atoms in total. The van der Waals surface area contributed by atoms with Crippen LogP contribution in [0.2, 0.25) is 0 Å². The molecule has 0 aliphatic rings. The smallest absolute Gasteiger partial charge is 0.309 e. The summed E-state index contributed by atoms with van der Waals surface area (Å²) < 4.78 is 4.70. The summed E-state index contributed by atoms with van der Waals surface area (Å²) in [5.41, 5.74) is 0. The molecule has 0 unspecified atom stereocenters. The fraction of sp³-hybridized carbons (Fsp3) is 0.778. The molecule has 0 rings (SSSR count). The molecule has 0 aromatic carbocycles. The standard InChI is InChI=1S/C9H15NO2/c1-3-5-8(4-2)9(11)12-7-6-10/h8H,3-5,7H2,1-2H3/t8-/m1/s1. The van der Waals surface area contributed by atoms with Gasteiger partial charge in [-0.15, -0.1) is 0 Å². The van der Waals surface area contributed by atoms with Crippen molar-refractivity contribution < 1.29 is 9.53 Å². The molecule has 0 saturated heterocycles. The summed E-state index contributed by atoms with van der Waals surface area (Å²) in [4.78, 5) is 11.1. The summed E-state index contributed by atoms with van der Waals surface area (Å²) >= 11 is 0. The normalized spacial score (nSPS) is 11.8. The minimum Gasteiger partial charge on any atom is -0.450 e. The summed E-state index contributed by atoms with van der Waals surface area (Å²) in [6, 6.07) is 1.78. The number of rotatable bonds is 5. The molecule has 0 aromatic heterocycles. The van der Waals surface area contributed by atoms with E-state index in [-0.39, 0.29) is 18.5 Å². The predicted molar refractivity (Wildman–Crippen MR) is 45.3 cm³/mol. The quantitative estimate of drug-likeness (QED) is 0.590. The first-order valence-corrected chi connectivity index (χ1v) is 4.29. The Balaban J connectivity index is 3.78. The fourth-order valence-electron chi connectivity index (χ4n) is 1.06. The number of nitriles is 1. The van der Waals surface area contributed by atoms with Crippen LogP contribution in [0.25, 0.3) is 0 Å². The molecule has 68 valence electrons. The van der Waals surface area contributed by atoms with E-state index in [0.29, 0.717) is 0 Å². The van der Waals surface area contributed by atoms with Crippen LogP contribution in [0.15, 0.2) is 0 Å². The van der Waals surface area contributed by atoms with Crippen molar-refractivity contribution in [3.63, 3.8) is 0 Å². The average molecular weight is 169 g/mol. The molecule has 0 N–H and O–H groups in total. The number of hydrogen-bond donors (Lipinski definition) is 0. The van der Waals surface area contributed by atoms with Crippen LogP contribution in [0.1, 0.15) is 33.1 Å². The lowest BCUT2D eigenvalue weighted by atomic mass is 10.0. The molecule has 0 spiro atoms. The maximum absolute atomic E-state index is 11.1. The Hall–Kier alpha value is -1.04. The van der Waals surface area contributed by atoms with Gasteiger partial charge < -0.3 is 4.74 Å². The van der Waals surface area contributed by atoms with Crippen molar-refractivity contribution in [3.8, 4) is 6.07 Å². The molecule has 0 aromatic rings. The molecule has 0 aliphatic heterocycles. The molecule has 0 heterocycles. The second-order valence-electron chi connectivity index (χ2n) is 2.66. The van der Waals surface area contributed by atoms with Gasteiger partial charge in [-0.2, -0.15) is 5.26 Å². The first-order valence-electron chi connectivity index (χ1n) is 4.29. The third-order valence-electron chi connectivity index (χ3n) is 1.74. The van der Waals surface area contributed by atoms with Crippen LogP contribution in [-0.2, 0) is 9.53 Å². The molecule has 0 fully saturated rings. The van der Waals surface area contributed by atoms with Crippen molar-refractivity contribution in [1.29, 1.82) is 5.26 Å². The van der Waals surface area contributed by atoms with E-state index in [4.69, 9.17) is 10.00 Å². The van der Waals surface area contributed by atoms with Crippen LogP contribution in [0.3, 0.4) is 0 Å². The second kappa shape index (κ2) is 6.66. The number of hydrogen-bond acceptors (Lipinski definition) is 3. The molecule has 0 aliphatic carbocycles. The van der Waals surface area contributed by atoms with E-state index in [1.54, 1.807) is 6.07 Å². The Morgan fingerprint density at radius 2 is 2.25 bits per heavy atom. The molecule has 1 atom stereocenters. The second-order valence-corrected chi connectivity index (χ2v) is 2.66. The number of ether oxygens (including phenoxy) is 1.